The van der Waals surface area contributed by atoms with Gasteiger partial charge in [0.1, 0.15) is 0 Å². The van der Waals surface area contributed by atoms with Crippen molar-refractivity contribution in [3.63, 3.8) is 0 Å². The van der Waals surface area contributed by atoms with Crippen molar-refractivity contribution in [3.8, 4) is 0 Å². The van der Waals surface area contributed by atoms with Crippen molar-refractivity contribution in [3.05, 3.63) is 70.9 Å². The molecule has 0 radical (unpaired) electrons. The van der Waals surface area contributed by atoms with Gasteiger partial charge in [0.15, 0.2) is 5.58 Å². The molecule has 27 heavy (non-hydrogen) atoms. The molecular formula is C24H22N2O. The zero-order valence-corrected chi connectivity index (χ0v) is 15.9. The van der Waals surface area contributed by atoms with Crippen molar-refractivity contribution in [2.45, 2.75) is 45.2 Å². The minimum atomic E-state index is 0.438. The SMILES string of the molecule is Cc1ccc2c(n1)oc1c(N3C4CC(c5ccccc54)C3C)c(C)ccc12. The fourth-order valence-electron chi connectivity index (χ4n) is 5.42. The Kier molecular flexibility index (Phi) is 2.90. The highest BCUT2D eigenvalue weighted by molar-refractivity contribution is 6.08. The number of nitrogens with zero attached hydrogens (tertiary/aromatic N) is 2. The van der Waals surface area contributed by atoms with Gasteiger partial charge in [0.2, 0.25) is 5.71 Å². The first-order valence-electron chi connectivity index (χ1n) is 9.80. The van der Waals surface area contributed by atoms with Crippen LogP contribution in [0, 0.1) is 13.8 Å². The molecule has 2 aromatic heterocycles. The number of fused-ring (bicyclic) bond motifs is 8. The average molecular weight is 354 g/mol. The van der Waals surface area contributed by atoms with E-state index in [4.69, 9.17) is 4.42 Å². The van der Waals surface area contributed by atoms with E-state index in [-0.39, 0.29) is 0 Å². The van der Waals surface area contributed by atoms with E-state index in [1.54, 1.807) is 0 Å². The molecule has 6 rings (SSSR count). The van der Waals surface area contributed by atoms with Gasteiger partial charge in [0, 0.05) is 28.4 Å². The van der Waals surface area contributed by atoms with Gasteiger partial charge >= 0.3 is 0 Å². The highest BCUT2D eigenvalue weighted by Crippen LogP contribution is 2.56. The molecule has 3 nitrogen and oxygen atoms in total. The molecule has 134 valence electrons. The lowest BCUT2D eigenvalue weighted by Gasteiger charge is -2.37. The first-order chi connectivity index (χ1) is 13.1. The molecule has 2 aromatic carbocycles. The van der Waals surface area contributed by atoms with Crippen LogP contribution in [0.25, 0.3) is 22.1 Å². The molecule has 1 aliphatic heterocycles. The van der Waals surface area contributed by atoms with Crippen LogP contribution in [0.3, 0.4) is 0 Å². The molecule has 3 atom stereocenters. The predicted molar refractivity (Wildman–Crippen MR) is 109 cm³/mol. The van der Waals surface area contributed by atoms with E-state index >= 15 is 0 Å². The maximum absolute atomic E-state index is 6.35. The van der Waals surface area contributed by atoms with Gasteiger partial charge in [0.05, 0.1) is 11.7 Å². The standard InChI is InChI=1S/C24H22N2O/c1-13-8-10-18-19-11-9-14(2)25-24(19)27-23(18)22(13)26-15(3)20-12-21(26)17-7-5-4-6-16(17)20/h4-11,15,20-21H,12H2,1-3H3. The molecule has 1 fully saturated rings. The summed E-state index contributed by atoms with van der Waals surface area (Å²) in [6.45, 7) is 6.58. The third-order valence-corrected chi connectivity index (χ3v) is 6.67. The zero-order chi connectivity index (χ0) is 18.3. The Hall–Kier alpha value is -2.81. The fraction of sp³-hybridized carbons (Fsp3) is 0.292. The largest absolute Gasteiger partial charge is 0.436 e. The molecule has 4 aromatic rings. The van der Waals surface area contributed by atoms with Crippen LogP contribution >= 0.6 is 0 Å². The highest BCUT2D eigenvalue weighted by atomic mass is 16.3. The van der Waals surface area contributed by atoms with Crippen LogP contribution in [0.1, 0.15) is 47.7 Å². The number of hydrogen-bond acceptors (Lipinski definition) is 3. The van der Waals surface area contributed by atoms with Crippen LogP contribution < -0.4 is 4.90 Å². The van der Waals surface area contributed by atoms with Gasteiger partial charge in [-0.1, -0.05) is 36.4 Å². The van der Waals surface area contributed by atoms with Gasteiger partial charge in [0.25, 0.3) is 0 Å². The van der Waals surface area contributed by atoms with E-state index in [9.17, 15) is 0 Å². The van der Waals surface area contributed by atoms with Crippen molar-refractivity contribution in [2.75, 3.05) is 4.90 Å². The number of benzene rings is 2. The number of hydrogen-bond donors (Lipinski definition) is 0. The summed E-state index contributed by atoms with van der Waals surface area (Å²) in [4.78, 5) is 7.24. The molecule has 1 saturated heterocycles. The van der Waals surface area contributed by atoms with Gasteiger partial charge in [-0.2, -0.15) is 0 Å². The predicted octanol–water partition coefficient (Wildman–Crippen LogP) is 6.03. The van der Waals surface area contributed by atoms with E-state index in [2.05, 4.69) is 72.3 Å². The number of furan rings is 1. The first-order valence-corrected chi connectivity index (χ1v) is 9.80. The summed E-state index contributed by atoms with van der Waals surface area (Å²) in [6, 6.07) is 18.5. The molecule has 0 spiro atoms. The quantitative estimate of drug-likeness (QED) is 0.417. The smallest absolute Gasteiger partial charge is 0.227 e. The highest BCUT2D eigenvalue weighted by Gasteiger charge is 2.48. The summed E-state index contributed by atoms with van der Waals surface area (Å²) < 4.78 is 6.35. The molecular weight excluding hydrogens is 332 g/mol. The zero-order valence-electron chi connectivity index (χ0n) is 15.9. The second-order valence-electron chi connectivity index (χ2n) is 8.15. The van der Waals surface area contributed by atoms with Crippen LogP contribution in [0.2, 0.25) is 0 Å². The average Bonchev–Trinajstić information content (AvgIpc) is 3.31. The van der Waals surface area contributed by atoms with Gasteiger partial charge in [-0.3, -0.25) is 0 Å². The number of aryl methyl sites for hydroxylation is 2. The monoisotopic (exact) mass is 354 g/mol. The van der Waals surface area contributed by atoms with Crippen LogP contribution in [0.15, 0.2) is 52.9 Å². The summed E-state index contributed by atoms with van der Waals surface area (Å²) in [5.74, 6) is 0.602. The second kappa shape index (κ2) is 5.13. The number of rotatable bonds is 1. The summed E-state index contributed by atoms with van der Waals surface area (Å²) in [5, 5.41) is 2.27. The van der Waals surface area contributed by atoms with E-state index in [1.165, 1.54) is 34.2 Å². The molecule has 3 unspecified atom stereocenters. The van der Waals surface area contributed by atoms with Gasteiger partial charge in [-0.25, -0.2) is 4.98 Å². The van der Waals surface area contributed by atoms with Crippen molar-refractivity contribution < 1.29 is 4.42 Å². The Bertz CT molecular complexity index is 1220. The van der Waals surface area contributed by atoms with E-state index in [0.29, 0.717) is 18.0 Å². The van der Waals surface area contributed by atoms with E-state index in [0.717, 1.165) is 22.4 Å². The van der Waals surface area contributed by atoms with E-state index < -0.39 is 0 Å². The number of pyridine rings is 1. The first kappa shape index (κ1) is 15.3. The minimum Gasteiger partial charge on any atom is -0.436 e. The van der Waals surface area contributed by atoms with Gasteiger partial charge in [-0.05, 0) is 56.0 Å². The Morgan fingerprint density at radius 1 is 0.963 bits per heavy atom. The summed E-state index contributed by atoms with van der Waals surface area (Å²) in [6.07, 6.45) is 1.20. The third-order valence-electron chi connectivity index (χ3n) is 6.67. The number of aromatic nitrogens is 1. The molecule has 3 heterocycles. The lowest BCUT2D eigenvalue weighted by Crippen LogP contribution is -2.35. The van der Waals surface area contributed by atoms with Crippen molar-refractivity contribution in [1.29, 1.82) is 0 Å². The molecule has 0 amide bonds. The van der Waals surface area contributed by atoms with Crippen molar-refractivity contribution in [1.82, 2.24) is 4.98 Å². The summed E-state index contributed by atoms with van der Waals surface area (Å²) in [5.41, 5.74) is 8.27. The molecule has 0 saturated carbocycles. The maximum Gasteiger partial charge on any atom is 0.227 e. The van der Waals surface area contributed by atoms with Crippen molar-refractivity contribution >= 4 is 27.8 Å². The minimum absolute atomic E-state index is 0.438. The van der Waals surface area contributed by atoms with Crippen LogP contribution in [0.4, 0.5) is 5.69 Å². The second-order valence-corrected chi connectivity index (χ2v) is 8.15. The maximum atomic E-state index is 6.35. The van der Waals surface area contributed by atoms with Crippen LogP contribution in [0.5, 0.6) is 0 Å². The molecule has 0 N–H and O–H groups in total. The lowest BCUT2D eigenvalue weighted by atomic mass is 9.92. The molecule has 2 bridgehead atoms. The fourth-order valence-corrected chi connectivity index (χ4v) is 5.42. The van der Waals surface area contributed by atoms with Crippen LogP contribution in [-0.4, -0.2) is 11.0 Å². The summed E-state index contributed by atoms with van der Waals surface area (Å²) in [7, 11) is 0. The van der Waals surface area contributed by atoms with Crippen molar-refractivity contribution in [2.24, 2.45) is 0 Å². The topological polar surface area (TPSA) is 29.3 Å². The number of anilines is 1. The Labute approximate surface area is 158 Å². The van der Waals surface area contributed by atoms with E-state index in [1.807, 2.05) is 6.92 Å². The third kappa shape index (κ3) is 1.89. The van der Waals surface area contributed by atoms with Gasteiger partial charge in [-0.15, -0.1) is 0 Å². The van der Waals surface area contributed by atoms with Gasteiger partial charge < -0.3 is 9.32 Å². The lowest BCUT2D eigenvalue weighted by molar-refractivity contribution is 0.603. The molecule has 3 heteroatoms. The summed E-state index contributed by atoms with van der Waals surface area (Å²) >= 11 is 0. The molecule has 1 aliphatic carbocycles. The molecule has 2 aliphatic rings. The van der Waals surface area contributed by atoms with Crippen LogP contribution in [-0.2, 0) is 0 Å². The normalized spacial score (nSPS) is 23.5. The Morgan fingerprint density at radius 3 is 2.59 bits per heavy atom. The Balaban J connectivity index is 1.62. The Morgan fingerprint density at radius 2 is 1.74 bits per heavy atom.